The minimum atomic E-state index is -4.51. The first-order valence-electron chi connectivity index (χ1n) is 18.0. The standard InChI is InChI=1S/C36H67O9P/c1-3-5-7-9-11-13-15-16-17-18-19-20-22-24-26-28-36(39)45-35(33-44-46(40,41)43-31-34(38)30-37)32-42-29-27-25-23-21-14-12-10-8-6-4-2/h5,7,11,13,16-17,34-35,37-38H,3-4,6,8-10,12,14-15,18-33H2,1-2H3,(H,40,41)/b7-5-,13-11-,17-16-. The SMILES string of the molecule is CC/C=C\C/C=C\C/C=C\CCCCCCCC(=O)OC(COCCCCCCCCCCCC)COP(=O)(O)OCC(O)CO. The van der Waals surface area contributed by atoms with Crippen LogP contribution in [0, 0.1) is 0 Å². The molecular weight excluding hydrogens is 607 g/mol. The lowest BCUT2D eigenvalue weighted by Crippen LogP contribution is -2.29. The van der Waals surface area contributed by atoms with Gasteiger partial charge in [-0.05, 0) is 44.9 Å². The second kappa shape index (κ2) is 33.6. The van der Waals surface area contributed by atoms with Crippen molar-refractivity contribution >= 4 is 13.8 Å². The molecule has 0 rings (SSSR count). The van der Waals surface area contributed by atoms with Gasteiger partial charge < -0.3 is 24.6 Å². The van der Waals surface area contributed by atoms with E-state index in [2.05, 4.69) is 50.3 Å². The number of unbranched alkanes of at least 4 members (excludes halogenated alkanes) is 14. The molecule has 3 unspecified atom stereocenters. The van der Waals surface area contributed by atoms with Crippen LogP contribution in [0.2, 0.25) is 0 Å². The van der Waals surface area contributed by atoms with Crippen LogP contribution in [0.5, 0.6) is 0 Å². The average molecular weight is 675 g/mol. The van der Waals surface area contributed by atoms with Gasteiger partial charge in [0.2, 0.25) is 0 Å². The number of hydrogen-bond donors (Lipinski definition) is 3. The van der Waals surface area contributed by atoms with Gasteiger partial charge in [-0.3, -0.25) is 13.8 Å². The molecule has 270 valence electrons. The number of esters is 1. The van der Waals surface area contributed by atoms with E-state index in [0.29, 0.717) is 13.0 Å². The van der Waals surface area contributed by atoms with Crippen molar-refractivity contribution in [3.05, 3.63) is 36.5 Å². The van der Waals surface area contributed by atoms with Gasteiger partial charge in [0.1, 0.15) is 12.2 Å². The third kappa shape index (κ3) is 32.6. The monoisotopic (exact) mass is 674 g/mol. The molecule has 0 aliphatic heterocycles. The van der Waals surface area contributed by atoms with Crippen LogP contribution in [0.3, 0.4) is 0 Å². The van der Waals surface area contributed by atoms with Crippen molar-refractivity contribution in [1.29, 1.82) is 0 Å². The summed E-state index contributed by atoms with van der Waals surface area (Å²) in [4.78, 5) is 22.4. The Hall–Kier alpha value is -1.32. The molecule has 0 aromatic heterocycles. The first kappa shape index (κ1) is 44.7. The lowest BCUT2D eigenvalue weighted by molar-refractivity contribution is -0.154. The van der Waals surface area contributed by atoms with Crippen LogP contribution in [0.15, 0.2) is 36.5 Å². The van der Waals surface area contributed by atoms with Crippen molar-refractivity contribution in [3.63, 3.8) is 0 Å². The Morgan fingerprint density at radius 2 is 1.24 bits per heavy atom. The zero-order chi connectivity index (χ0) is 34.0. The number of aliphatic hydroxyl groups is 2. The molecule has 3 atom stereocenters. The van der Waals surface area contributed by atoms with Gasteiger partial charge in [-0.1, -0.05) is 127 Å². The van der Waals surface area contributed by atoms with Gasteiger partial charge in [-0.25, -0.2) is 4.57 Å². The van der Waals surface area contributed by atoms with Gasteiger partial charge in [0.05, 0.1) is 26.4 Å². The van der Waals surface area contributed by atoms with Gasteiger partial charge in [-0.2, -0.15) is 0 Å². The summed E-state index contributed by atoms with van der Waals surface area (Å²) >= 11 is 0. The highest BCUT2D eigenvalue weighted by atomic mass is 31.2. The summed E-state index contributed by atoms with van der Waals surface area (Å²) < 4.78 is 33.1. The van der Waals surface area contributed by atoms with Crippen LogP contribution in [0.1, 0.15) is 142 Å². The summed E-state index contributed by atoms with van der Waals surface area (Å²) in [7, 11) is -4.51. The summed E-state index contributed by atoms with van der Waals surface area (Å²) in [6.07, 6.45) is 32.4. The summed E-state index contributed by atoms with van der Waals surface area (Å²) in [6.45, 7) is 3.36. The normalized spacial score (nSPS) is 14.8. The summed E-state index contributed by atoms with van der Waals surface area (Å²) in [5.74, 6) is -0.401. The van der Waals surface area contributed by atoms with Crippen molar-refractivity contribution < 1.29 is 43.0 Å². The highest BCUT2D eigenvalue weighted by molar-refractivity contribution is 7.47. The van der Waals surface area contributed by atoms with Crippen LogP contribution >= 0.6 is 7.82 Å². The van der Waals surface area contributed by atoms with E-state index in [1.54, 1.807) is 0 Å². The molecule has 0 spiro atoms. The molecule has 3 N–H and O–H groups in total. The highest BCUT2D eigenvalue weighted by Crippen LogP contribution is 2.43. The molecule has 0 heterocycles. The largest absolute Gasteiger partial charge is 0.472 e. The quantitative estimate of drug-likeness (QED) is 0.0265. The molecular formula is C36H67O9P. The first-order chi connectivity index (χ1) is 22.3. The Bertz CT molecular complexity index is 815. The predicted octanol–water partition coefficient (Wildman–Crippen LogP) is 8.91. The van der Waals surface area contributed by atoms with Gasteiger partial charge >= 0.3 is 13.8 Å². The van der Waals surface area contributed by atoms with E-state index in [1.807, 2.05) is 0 Å². The fraction of sp³-hybridized carbons (Fsp3) is 0.806. The van der Waals surface area contributed by atoms with Crippen molar-refractivity contribution in [2.75, 3.05) is 33.0 Å². The maximum Gasteiger partial charge on any atom is 0.472 e. The molecule has 0 aromatic carbocycles. The molecule has 10 heteroatoms. The third-order valence-electron chi connectivity index (χ3n) is 7.34. The van der Waals surface area contributed by atoms with Crippen molar-refractivity contribution in [2.45, 2.75) is 154 Å². The van der Waals surface area contributed by atoms with Crippen molar-refractivity contribution in [2.24, 2.45) is 0 Å². The number of phosphoric acid groups is 1. The molecule has 0 aliphatic rings. The molecule has 0 saturated carbocycles. The maximum atomic E-state index is 12.5. The van der Waals surface area contributed by atoms with Crippen molar-refractivity contribution in [1.82, 2.24) is 0 Å². The number of phosphoric ester groups is 1. The zero-order valence-electron chi connectivity index (χ0n) is 29.0. The van der Waals surface area contributed by atoms with Crippen LogP contribution < -0.4 is 0 Å². The third-order valence-corrected chi connectivity index (χ3v) is 8.29. The summed E-state index contributed by atoms with van der Waals surface area (Å²) in [5.41, 5.74) is 0. The van der Waals surface area contributed by atoms with E-state index in [-0.39, 0.29) is 19.6 Å². The van der Waals surface area contributed by atoms with Gasteiger partial charge in [0.25, 0.3) is 0 Å². The number of carbonyl (C=O) groups is 1. The summed E-state index contributed by atoms with van der Waals surface area (Å²) in [5, 5.41) is 18.2. The second-order valence-corrected chi connectivity index (χ2v) is 13.3. The number of carbonyl (C=O) groups excluding carboxylic acids is 1. The molecule has 0 radical (unpaired) electrons. The molecule has 0 aliphatic carbocycles. The number of rotatable bonds is 34. The maximum absolute atomic E-state index is 12.5. The first-order valence-corrected chi connectivity index (χ1v) is 19.5. The highest BCUT2D eigenvalue weighted by Gasteiger charge is 2.26. The fourth-order valence-electron chi connectivity index (χ4n) is 4.60. The van der Waals surface area contributed by atoms with Gasteiger partial charge in [0, 0.05) is 13.0 Å². The predicted molar refractivity (Wildman–Crippen MR) is 187 cm³/mol. The lowest BCUT2D eigenvalue weighted by atomic mass is 10.1. The molecule has 0 bridgehead atoms. The topological polar surface area (TPSA) is 132 Å². The van der Waals surface area contributed by atoms with Crippen LogP contribution in [-0.2, 0) is 27.9 Å². The number of hydrogen-bond acceptors (Lipinski definition) is 8. The van der Waals surface area contributed by atoms with Crippen molar-refractivity contribution in [3.8, 4) is 0 Å². The van der Waals surface area contributed by atoms with E-state index in [4.69, 9.17) is 23.6 Å². The minimum Gasteiger partial charge on any atom is -0.457 e. The molecule has 0 fully saturated rings. The van der Waals surface area contributed by atoms with E-state index in [9.17, 15) is 19.4 Å². The Labute approximate surface area is 280 Å². The smallest absolute Gasteiger partial charge is 0.457 e. The molecule has 0 aromatic rings. The average Bonchev–Trinajstić information content (AvgIpc) is 3.04. The fourth-order valence-corrected chi connectivity index (χ4v) is 5.39. The number of aliphatic hydroxyl groups excluding tert-OH is 2. The minimum absolute atomic E-state index is 0.0433. The Morgan fingerprint density at radius 3 is 1.87 bits per heavy atom. The van der Waals surface area contributed by atoms with E-state index in [0.717, 1.165) is 70.6 Å². The van der Waals surface area contributed by atoms with E-state index < -0.39 is 39.2 Å². The Balaban J connectivity index is 4.29. The number of allylic oxidation sites excluding steroid dienone is 6. The molecule has 0 saturated heterocycles. The number of ether oxygens (including phenoxy) is 2. The molecule has 46 heavy (non-hydrogen) atoms. The molecule has 0 amide bonds. The Morgan fingerprint density at radius 1 is 0.696 bits per heavy atom. The Kier molecular flexibility index (Phi) is 32.6. The van der Waals surface area contributed by atoms with Gasteiger partial charge in [-0.15, -0.1) is 0 Å². The lowest BCUT2D eigenvalue weighted by Gasteiger charge is -2.20. The van der Waals surface area contributed by atoms with E-state index >= 15 is 0 Å². The molecule has 9 nitrogen and oxygen atoms in total. The van der Waals surface area contributed by atoms with Crippen LogP contribution in [0.4, 0.5) is 0 Å². The van der Waals surface area contributed by atoms with E-state index in [1.165, 1.54) is 44.9 Å². The van der Waals surface area contributed by atoms with Crippen LogP contribution in [0.25, 0.3) is 0 Å². The summed E-state index contributed by atoms with van der Waals surface area (Å²) in [6, 6.07) is 0. The van der Waals surface area contributed by atoms with Crippen LogP contribution in [-0.4, -0.2) is 66.3 Å². The second-order valence-electron chi connectivity index (χ2n) is 11.9. The zero-order valence-corrected chi connectivity index (χ0v) is 29.9. The van der Waals surface area contributed by atoms with Gasteiger partial charge in [0.15, 0.2) is 0 Å².